The van der Waals surface area contributed by atoms with Crippen molar-refractivity contribution in [2.45, 2.75) is 19.3 Å². The Balaban J connectivity index is 0.987. The molecule has 0 saturated heterocycles. The fraction of sp³-hybridized carbons (Fsp3) is 0.0612. The monoisotopic (exact) mass is 712 g/mol. The van der Waals surface area contributed by atoms with Gasteiger partial charge in [0.05, 0.1) is 11.4 Å². The third kappa shape index (κ3) is 4.82. The largest absolute Gasteiger partial charge is 0.449 e. The number of fused-ring (bicyclic) bond motifs is 9. The Morgan fingerprint density at radius 2 is 1.17 bits per heavy atom. The van der Waals surface area contributed by atoms with Crippen LogP contribution in [0.2, 0.25) is 0 Å². The van der Waals surface area contributed by atoms with E-state index in [1.165, 1.54) is 36.9 Å². The van der Waals surface area contributed by atoms with Gasteiger partial charge in [-0.05, 0) is 70.3 Å². The first-order chi connectivity index (χ1) is 26.5. The van der Waals surface area contributed by atoms with Gasteiger partial charge in [0, 0.05) is 47.8 Å². The minimum absolute atomic E-state index is 0.126. The van der Waals surface area contributed by atoms with Crippen LogP contribution in [0.3, 0.4) is 0 Å². The molecule has 0 saturated carbocycles. The summed E-state index contributed by atoms with van der Waals surface area (Å²) in [5.41, 5.74) is 11.6. The quantitative estimate of drug-likeness (QED) is 0.182. The van der Waals surface area contributed by atoms with E-state index >= 15 is 0 Å². The molecule has 1 aliphatic carbocycles. The van der Waals surface area contributed by atoms with Crippen LogP contribution in [0, 0.1) is 0 Å². The van der Waals surface area contributed by atoms with Crippen LogP contribution < -0.4 is 9.47 Å². The molecule has 0 atom stereocenters. The molecule has 256 valence electrons. The first kappa shape index (κ1) is 31.0. The molecule has 7 aromatic carbocycles. The van der Waals surface area contributed by atoms with Crippen molar-refractivity contribution in [2.75, 3.05) is 0 Å². The van der Waals surface area contributed by atoms with Crippen molar-refractivity contribution in [2.24, 2.45) is 0 Å². The Hall–Kier alpha value is -6.56. The van der Waals surface area contributed by atoms with Crippen molar-refractivity contribution in [1.29, 1.82) is 0 Å². The van der Waals surface area contributed by atoms with Crippen LogP contribution in [0.15, 0.2) is 158 Å². The highest BCUT2D eigenvalue weighted by Crippen LogP contribution is 2.58. The average Bonchev–Trinajstić information content (AvgIpc) is 3.71. The number of hydrogen-bond donors (Lipinski definition) is 0. The van der Waals surface area contributed by atoms with Crippen LogP contribution in [0.1, 0.15) is 25.0 Å². The molecule has 0 spiro atoms. The van der Waals surface area contributed by atoms with E-state index in [4.69, 9.17) is 19.4 Å². The van der Waals surface area contributed by atoms with Crippen molar-refractivity contribution < 1.29 is 9.47 Å². The van der Waals surface area contributed by atoms with Crippen LogP contribution in [0.4, 0.5) is 0 Å². The maximum atomic E-state index is 6.78. The highest BCUT2D eigenvalue weighted by molar-refractivity contribution is 7.25. The second-order valence-electron chi connectivity index (χ2n) is 14.6. The second-order valence-corrected chi connectivity index (χ2v) is 15.7. The van der Waals surface area contributed by atoms with Gasteiger partial charge in [-0.1, -0.05) is 129 Å². The molecule has 0 bridgehead atoms. The van der Waals surface area contributed by atoms with E-state index < -0.39 is 0 Å². The normalized spacial score (nSPS) is 13.4. The Morgan fingerprint density at radius 3 is 2.07 bits per heavy atom. The molecule has 0 fully saturated rings. The third-order valence-corrected chi connectivity index (χ3v) is 12.1. The summed E-state index contributed by atoms with van der Waals surface area (Å²) in [7, 11) is 0. The molecule has 9 aromatic rings. The summed E-state index contributed by atoms with van der Waals surface area (Å²) in [4.78, 5) is 10.3. The van der Waals surface area contributed by atoms with Gasteiger partial charge in [-0.2, -0.15) is 0 Å². The zero-order valence-electron chi connectivity index (χ0n) is 29.6. The molecule has 1 aliphatic heterocycles. The lowest BCUT2D eigenvalue weighted by molar-refractivity contribution is 0.360. The van der Waals surface area contributed by atoms with Crippen molar-refractivity contribution in [3.05, 3.63) is 169 Å². The smallest absolute Gasteiger partial charge is 0.178 e. The molecule has 4 nitrogen and oxygen atoms in total. The minimum atomic E-state index is -0.126. The van der Waals surface area contributed by atoms with E-state index in [1.807, 2.05) is 18.2 Å². The summed E-state index contributed by atoms with van der Waals surface area (Å²) >= 11 is 1.81. The molecule has 0 radical (unpaired) electrons. The molecular formula is C49H32N2O2S. The van der Waals surface area contributed by atoms with E-state index in [9.17, 15) is 0 Å². The fourth-order valence-corrected chi connectivity index (χ4v) is 9.35. The molecule has 2 aromatic heterocycles. The number of rotatable bonds is 4. The molecule has 54 heavy (non-hydrogen) atoms. The topological polar surface area (TPSA) is 44.2 Å². The summed E-state index contributed by atoms with van der Waals surface area (Å²) in [5.74, 6) is 3.62. The third-order valence-electron chi connectivity index (χ3n) is 11.0. The zero-order valence-corrected chi connectivity index (χ0v) is 30.4. The van der Waals surface area contributed by atoms with Crippen LogP contribution >= 0.6 is 11.3 Å². The highest BCUT2D eigenvalue weighted by atomic mass is 32.1. The summed E-state index contributed by atoms with van der Waals surface area (Å²) in [6.45, 7) is 4.56. The van der Waals surface area contributed by atoms with Crippen molar-refractivity contribution >= 4 is 31.5 Å². The average molecular weight is 713 g/mol. The Labute approximate surface area is 317 Å². The molecule has 0 unspecified atom stereocenters. The number of aromatic nitrogens is 2. The van der Waals surface area contributed by atoms with Gasteiger partial charge in [0.1, 0.15) is 0 Å². The first-order valence-corrected chi connectivity index (χ1v) is 19.0. The summed E-state index contributed by atoms with van der Waals surface area (Å²) in [5, 5.41) is 2.54. The number of thiophene rings is 1. The molecule has 0 N–H and O–H groups in total. The van der Waals surface area contributed by atoms with E-state index in [-0.39, 0.29) is 5.41 Å². The summed E-state index contributed by atoms with van der Waals surface area (Å²) < 4.78 is 15.8. The molecule has 5 heteroatoms. The lowest BCUT2D eigenvalue weighted by Crippen LogP contribution is -2.15. The van der Waals surface area contributed by atoms with E-state index in [2.05, 4.69) is 153 Å². The van der Waals surface area contributed by atoms with Gasteiger partial charge in [-0.15, -0.1) is 11.3 Å². The summed E-state index contributed by atoms with van der Waals surface area (Å²) in [6.07, 6.45) is 0. The van der Waals surface area contributed by atoms with Gasteiger partial charge >= 0.3 is 0 Å². The second kappa shape index (κ2) is 11.7. The van der Waals surface area contributed by atoms with Crippen molar-refractivity contribution in [3.63, 3.8) is 0 Å². The maximum absolute atomic E-state index is 6.78. The van der Waals surface area contributed by atoms with Crippen molar-refractivity contribution in [1.82, 2.24) is 9.97 Å². The lowest BCUT2D eigenvalue weighted by atomic mass is 9.82. The first-order valence-electron chi connectivity index (χ1n) is 18.2. The molecule has 3 heterocycles. The lowest BCUT2D eigenvalue weighted by Gasteiger charge is -2.25. The summed E-state index contributed by atoms with van der Waals surface area (Å²) in [6, 6.07) is 55.2. The zero-order chi connectivity index (χ0) is 36.0. The van der Waals surface area contributed by atoms with Crippen LogP contribution in [-0.4, -0.2) is 9.97 Å². The van der Waals surface area contributed by atoms with Gasteiger partial charge in [0.25, 0.3) is 0 Å². The number of nitrogens with zero attached hydrogens (tertiary/aromatic N) is 2. The Kier molecular flexibility index (Phi) is 6.73. The standard InChI is InChI=1S/C49H32N2O2S/c1-49(2)37-17-8-6-16-36(37)46-38(49)22-24-42-47(46)53-43-26-31(20-23-41(43)52-42)30-13-10-14-32(25-30)40-28-39(29-11-4-3-5-12-29)50-48(51-40)33-19-21-35-34-15-7-9-18-44(34)54-45(35)27-33/h3-28H,1-2H3. The molecular weight excluding hydrogens is 681 g/mol. The van der Waals surface area contributed by atoms with Crippen molar-refractivity contribution in [3.8, 4) is 79.2 Å². The Bertz CT molecular complexity index is 2980. The highest BCUT2D eigenvalue weighted by Gasteiger charge is 2.39. The number of ether oxygens (including phenoxy) is 2. The van der Waals surface area contributed by atoms with E-state index in [0.717, 1.165) is 56.3 Å². The molecule has 2 aliphatic rings. The van der Waals surface area contributed by atoms with Crippen LogP contribution in [-0.2, 0) is 5.41 Å². The predicted molar refractivity (Wildman–Crippen MR) is 221 cm³/mol. The number of benzene rings is 7. The fourth-order valence-electron chi connectivity index (χ4n) is 8.21. The minimum Gasteiger partial charge on any atom is -0.449 e. The SMILES string of the molecule is CC1(C)c2ccccc2-c2c1ccc1c2Oc2cc(-c3cccc(-c4cc(-c5ccccc5)nc(-c5ccc6c(c5)sc5ccccc56)n4)c3)ccc2O1. The number of hydrogen-bond acceptors (Lipinski definition) is 5. The molecule has 0 amide bonds. The van der Waals surface area contributed by atoms with E-state index in [0.29, 0.717) is 17.3 Å². The van der Waals surface area contributed by atoms with E-state index in [1.54, 1.807) is 11.3 Å². The van der Waals surface area contributed by atoms with Gasteiger partial charge in [-0.3, -0.25) is 0 Å². The predicted octanol–water partition coefficient (Wildman–Crippen LogP) is 13.7. The maximum Gasteiger partial charge on any atom is 0.178 e. The van der Waals surface area contributed by atoms with Gasteiger partial charge in [0.15, 0.2) is 28.8 Å². The van der Waals surface area contributed by atoms with Gasteiger partial charge < -0.3 is 9.47 Å². The van der Waals surface area contributed by atoms with Gasteiger partial charge in [-0.25, -0.2) is 9.97 Å². The van der Waals surface area contributed by atoms with Crippen LogP contribution in [0.5, 0.6) is 23.0 Å². The van der Waals surface area contributed by atoms with Crippen LogP contribution in [0.25, 0.3) is 76.3 Å². The molecule has 11 rings (SSSR count). The Morgan fingerprint density at radius 1 is 0.463 bits per heavy atom. The van der Waals surface area contributed by atoms with Gasteiger partial charge in [0.2, 0.25) is 0 Å².